The number of carboxylic acid groups (broad SMARTS) is 1. The number of aromatic carboxylic acids is 1. The molecule has 1 heterocycles. The van der Waals surface area contributed by atoms with Gasteiger partial charge in [0.1, 0.15) is 0 Å². The lowest BCUT2D eigenvalue weighted by molar-refractivity contribution is -0.255. The van der Waals surface area contributed by atoms with Gasteiger partial charge in [-0.1, -0.05) is 24.3 Å². The monoisotopic (exact) mass is 268 g/mol. The smallest absolute Gasteiger partial charge is 0.272 e. The lowest BCUT2D eigenvalue weighted by atomic mass is 10.1. The fraction of sp³-hybridized carbons (Fsp3) is 0. The highest BCUT2D eigenvalue weighted by Gasteiger charge is 2.03. The quantitative estimate of drug-likeness (QED) is 0.633. The summed E-state index contributed by atoms with van der Waals surface area (Å²) in [5.74, 6) is -1.73. The molecule has 1 N–H and O–H groups in total. The van der Waals surface area contributed by atoms with Gasteiger partial charge in [0.25, 0.3) is 5.91 Å². The summed E-state index contributed by atoms with van der Waals surface area (Å²) in [7, 11) is 0. The molecule has 0 aliphatic carbocycles. The third-order valence-corrected chi connectivity index (χ3v) is 2.47. The van der Waals surface area contributed by atoms with E-state index in [4.69, 9.17) is 0 Å². The second-order valence-corrected chi connectivity index (χ2v) is 3.82. The fourth-order valence-electron chi connectivity index (χ4n) is 1.52. The number of hydrogen-bond donors (Lipinski definition) is 1. The Kier molecular flexibility index (Phi) is 4.18. The van der Waals surface area contributed by atoms with Gasteiger partial charge in [0, 0.05) is 23.5 Å². The Hall–Kier alpha value is -3.02. The first-order valence-corrected chi connectivity index (χ1v) is 5.72. The number of nitrogens with one attached hydrogen (secondary N) is 1. The molecule has 1 amide bonds. The van der Waals surface area contributed by atoms with Crippen LogP contribution in [0, 0.1) is 0 Å². The zero-order valence-corrected chi connectivity index (χ0v) is 10.3. The highest BCUT2D eigenvalue weighted by molar-refractivity contribution is 5.98. The molecule has 0 saturated carbocycles. The van der Waals surface area contributed by atoms with Crippen molar-refractivity contribution in [3.8, 4) is 0 Å². The number of hydrogen-bond acceptors (Lipinski definition) is 5. The number of benzene rings is 1. The van der Waals surface area contributed by atoms with Crippen LogP contribution < -0.4 is 10.5 Å². The van der Waals surface area contributed by atoms with E-state index < -0.39 is 11.9 Å². The zero-order chi connectivity index (χ0) is 14.4. The highest BCUT2D eigenvalue weighted by Crippen LogP contribution is 2.04. The van der Waals surface area contributed by atoms with Crippen molar-refractivity contribution in [3.05, 3.63) is 65.5 Å². The summed E-state index contributed by atoms with van der Waals surface area (Å²) in [5.41, 5.74) is 3.00. The van der Waals surface area contributed by atoms with Gasteiger partial charge in [-0.05, 0) is 12.1 Å². The standard InChI is InChI=1S/C14H11N3O3/c18-13(11-5-3-7-15-8-11)17-16-9-10-4-1-2-6-12(10)14(19)20/h1-9H,(H,17,18)(H,19,20)/p-1. The second kappa shape index (κ2) is 6.24. The lowest BCUT2D eigenvalue weighted by Gasteiger charge is -2.05. The van der Waals surface area contributed by atoms with E-state index in [-0.39, 0.29) is 5.56 Å². The second-order valence-electron chi connectivity index (χ2n) is 3.82. The number of pyridine rings is 1. The van der Waals surface area contributed by atoms with Crippen molar-refractivity contribution < 1.29 is 14.7 Å². The Morgan fingerprint density at radius 1 is 1.20 bits per heavy atom. The number of carbonyl (C=O) groups is 2. The van der Waals surface area contributed by atoms with Crippen LogP contribution in [0.3, 0.4) is 0 Å². The summed E-state index contributed by atoms with van der Waals surface area (Å²) in [6.45, 7) is 0. The molecule has 0 bridgehead atoms. The minimum absolute atomic E-state index is 0.00637. The molecule has 20 heavy (non-hydrogen) atoms. The molecule has 100 valence electrons. The Bertz CT molecular complexity index is 654. The maximum absolute atomic E-state index is 11.7. The van der Waals surface area contributed by atoms with Crippen molar-refractivity contribution in [3.63, 3.8) is 0 Å². The number of rotatable bonds is 4. The molecular formula is C14H10N3O3-. The summed E-state index contributed by atoms with van der Waals surface area (Å²) >= 11 is 0. The highest BCUT2D eigenvalue weighted by atomic mass is 16.4. The first kappa shape index (κ1) is 13.4. The zero-order valence-electron chi connectivity index (χ0n) is 10.3. The molecule has 0 spiro atoms. The summed E-state index contributed by atoms with van der Waals surface area (Å²) in [6, 6.07) is 9.43. The van der Waals surface area contributed by atoms with E-state index in [1.165, 1.54) is 18.5 Å². The Morgan fingerprint density at radius 2 is 2.00 bits per heavy atom. The van der Waals surface area contributed by atoms with Crippen LogP contribution in [-0.4, -0.2) is 23.1 Å². The summed E-state index contributed by atoms with van der Waals surface area (Å²) < 4.78 is 0. The first-order chi connectivity index (χ1) is 9.68. The molecule has 0 aliphatic heterocycles. The molecule has 1 aromatic carbocycles. The van der Waals surface area contributed by atoms with E-state index in [0.29, 0.717) is 11.1 Å². The van der Waals surface area contributed by atoms with Gasteiger partial charge < -0.3 is 9.90 Å². The van der Waals surface area contributed by atoms with Crippen LogP contribution in [0.1, 0.15) is 26.3 Å². The molecule has 1 aromatic heterocycles. The van der Waals surface area contributed by atoms with Crippen LogP contribution in [0.15, 0.2) is 53.9 Å². The predicted molar refractivity (Wildman–Crippen MR) is 70.1 cm³/mol. The Balaban J connectivity index is 2.08. The Morgan fingerprint density at radius 3 is 2.70 bits per heavy atom. The number of amides is 1. The van der Waals surface area contributed by atoms with Crippen molar-refractivity contribution in [2.24, 2.45) is 5.10 Å². The SMILES string of the molecule is O=C(NN=Cc1ccccc1C(=O)[O-])c1cccnc1. The average Bonchev–Trinajstić information content (AvgIpc) is 2.48. The average molecular weight is 268 g/mol. The van der Waals surface area contributed by atoms with Gasteiger partial charge in [-0.15, -0.1) is 0 Å². The van der Waals surface area contributed by atoms with E-state index in [1.54, 1.807) is 36.5 Å². The van der Waals surface area contributed by atoms with E-state index in [0.717, 1.165) is 0 Å². The van der Waals surface area contributed by atoms with Crippen molar-refractivity contribution >= 4 is 18.1 Å². The van der Waals surface area contributed by atoms with Crippen molar-refractivity contribution in [1.82, 2.24) is 10.4 Å². The van der Waals surface area contributed by atoms with Gasteiger partial charge in [-0.25, -0.2) is 5.43 Å². The molecule has 2 rings (SSSR count). The van der Waals surface area contributed by atoms with Crippen LogP contribution in [-0.2, 0) is 0 Å². The number of carbonyl (C=O) groups excluding carboxylic acids is 2. The van der Waals surface area contributed by atoms with Gasteiger partial charge in [0.15, 0.2) is 0 Å². The molecule has 6 nitrogen and oxygen atoms in total. The van der Waals surface area contributed by atoms with E-state index in [2.05, 4.69) is 15.5 Å². The third-order valence-electron chi connectivity index (χ3n) is 2.47. The van der Waals surface area contributed by atoms with E-state index in [9.17, 15) is 14.7 Å². The van der Waals surface area contributed by atoms with E-state index in [1.807, 2.05) is 0 Å². The molecule has 0 radical (unpaired) electrons. The van der Waals surface area contributed by atoms with Crippen molar-refractivity contribution in [2.75, 3.05) is 0 Å². The molecule has 6 heteroatoms. The van der Waals surface area contributed by atoms with Crippen LogP contribution in [0.5, 0.6) is 0 Å². The Labute approximate surface area is 114 Å². The van der Waals surface area contributed by atoms with E-state index >= 15 is 0 Å². The van der Waals surface area contributed by atoms with Gasteiger partial charge in [0.2, 0.25) is 0 Å². The minimum Gasteiger partial charge on any atom is -0.545 e. The van der Waals surface area contributed by atoms with Gasteiger partial charge in [-0.2, -0.15) is 5.10 Å². The summed E-state index contributed by atoms with van der Waals surface area (Å²) in [5, 5.41) is 14.6. The topological polar surface area (TPSA) is 94.5 Å². The van der Waals surface area contributed by atoms with Gasteiger partial charge in [0.05, 0.1) is 17.7 Å². The van der Waals surface area contributed by atoms with Crippen LogP contribution >= 0.6 is 0 Å². The van der Waals surface area contributed by atoms with Crippen molar-refractivity contribution in [2.45, 2.75) is 0 Å². The third kappa shape index (κ3) is 3.26. The normalized spacial score (nSPS) is 10.4. The molecule has 0 unspecified atom stereocenters. The van der Waals surface area contributed by atoms with Crippen LogP contribution in [0.2, 0.25) is 0 Å². The number of aromatic nitrogens is 1. The maximum Gasteiger partial charge on any atom is 0.272 e. The number of carboxylic acids is 1. The molecule has 0 fully saturated rings. The van der Waals surface area contributed by atoms with Gasteiger partial charge >= 0.3 is 0 Å². The molecule has 0 atom stereocenters. The molecule has 0 aliphatic rings. The molecular weight excluding hydrogens is 258 g/mol. The summed E-state index contributed by atoms with van der Waals surface area (Å²) in [6.07, 6.45) is 4.20. The fourth-order valence-corrected chi connectivity index (χ4v) is 1.52. The largest absolute Gasteiger partial charge is 0.545 e. The minimum atomic E-state index is -1.30. The predicted octanol–water partition coefficient (Wildman–Crippen LogP) is 0.209. The van der Waals surface area contributed by atoms with Crippen molar-refractivity contribution in [1.29, 1.82) is 0 Å². The molecule has 2 aromatic rings. The first-order valence-electron chi connectivity index (χ1n) is 5.72. The van der Waals surface area contributed by atoms with Crippen LogP contribution in [0.4, 0.5) is 0 Å². The van der Waals surface area contributed by atoms with Crippen LogP contribution in [0.25, 0.3) is 0 Å². The lowest BCUT2D eigenvalue weighted by Crippen LogP contribution is -2.24. The van der Waals surface area contributed by atoms with Gasteiger partial charge in [-0.3, -0.25) is 9.78 Å². The number of nitrogens with zero attached hydrogens (tertiary/aromatic N) is 2. The summed E-state index contributed by atoms with van der Waals surface area (Å²) in [4.78, 5) is 26.3. The number of hydrazone groups is 1. The maximum atomic E-state index is 11.7. The molecule has 0 saturated heterocycles.